The minimum Gasteiger partial charge on any atom is -0.448 e. The summed E-state index contributed by atoms with van der Waals surface area (Å²) in [5, 5.41) is 0. The highest BCUT2D eigenvalue weighted by molar-refractivity contribution is 5.69. The van der Waals surface area contributed by atoms with Crippen LogP contribution >= 0.6 is 0 Å². The Balaban J connectivity index is 1.87. The van der Waals surface area contributed by atoms with Gasteiger partial charge in [0.2, 0.25) is 0 Å². The summed E-state index contributed by atoms with van der Waals surface area (Å²) in [6.45, 7) is 0.342. The standard InChI is InChI=1S/C12H16NO2/c1-2-3-9-15-12(14)13-10-5-4-6-11(13)8-7-10/h1,4,10-11H,3,5-9H2. The Hall–Kier alpha value is -1.17. The van der Waals surface area contributed by atoms with E-state index in [2.05, 4.69) is 12.3 Å². The Labute approximate surface area is 90.8 Å². The van der Waals surface area contributed by atoms with E-state index in [0.717, 1.165) is 25.7 Å². The summed E-state index contributed by atoms with van der Waals surface area (Å²) in [5.41, 5.74) is 0. The number of piperidine rings is 1. The first-order valence-electron chi connectivity index (χ1n) is 5.53. The number of terminal acetylenes is 1. The van der Waals surface area contributed by atoms with E-state index in [1.807, 2.05) is 4.90 Å². The minimum atomic E-state index is -0.175. The van der Waals surface area contributed by atoms with E-state index in [1.165, 1.54) is 0 Å². The molecule has 0 aromatic heterocycles. The number of rotatable bonds is 2. The van der Waals surface area contributed by atoms with Crippen LogP contribution in [-0.4, -0.2) is 29.7 Å². The van der Waals surface area contributed by atoms with Gasteiger partial charge in [-0.15, -0.1) is 12.3 Å². The minimum absolute atomic E-state index is 0.175. The molecule has 2 saturated heterocycles. The topological polar surface area (TPSA) is 29.5 Å². The Morgan fingerprint density at radius 2 is 2.13 bits per heavy atom. The van der Waals surface area contributed by atoms with Crippen LogP contribution in [0, 0.1) is 18.8 Å². The Morgan fingerprint density at radius 1 is 1.47 bits per heavy atom. The number of fused-ring (bicyclic) bond motifs is 2. The molecule has 2 bridgehead atoms. The molecule has 3 heteroatoms. The third-order valence-corrected chi connectivity index (χ3v) is 3.18. The molecule has 2 aliphatic heterocycles. The summed E-state index contributed by atoms with van der Waals surface area (Å²) in [6.07, 6.45) is 12.0. The first kappa shape index (κ1) is 10.4. The van der Waals surface area contributed by atoms with E-state index in [0.29, 0.717) is 25.1 Å². The number of hydrogen-bond acceptors (Lipinski definition) is 2. The van der Waals surface area contributed by atoms with Crippen molar-refractivity contribution in [1.82, 2.24) is 4.90 Å². The van der Waals surface area contributed by atoms with Crippen molar-refractivity contribution in [3.05, 3.63) is 6.42 Å². The molecule has 0 aromatic rings. The maximum Gasteiger partial charge on any atom is 0.410 e. The van der Waals surface area contributed by atoms with Crippen LogP contribution in [0.3, 0.4) is 0 Å². The maximum atomic E-state index is 11.8. The van der Waals surface area contributed by atoms with Crippen molar-refractivity contribution in [2.24, 2.45) is 0 Å². The Kier molecular flexibility index (Phi) is 3.15. The van der Waals surface area contributed by atoms with Crippen LogP contribution in [0.15, 0.2) is 0 Å². The van der Waals surface area contributed by atoms with Gasteiger partial charge in [-0.25, -0.2) is 4.79 Å². The van der Waals surface area contributed by atoms with Gasteiger partial charge in [0.05, 0.1) is 0 Å². The van der Waals surface area contributed by atoms with Gasteiger partial charge in [0.1, 0.15) is 6.61 Å². The van der Waals surface area contributed by atoms with Crippen molar-refractivity contribution < 1.29 is 9.53 Å². The Bertz CT molecular complexity index is 266. The molecule has 0 aliphatic carbocycles. The predicted molar refractivity (Wildman–Crippen MR) is 57.0 cm³/mol. The maximum absolute atomic E-state index is 11.8. The highest BCUT2D eigenvalue weighted by Crippen LogP contribution is 2.35. The van der Waals surface area contributed by atoms with Crippen LogP contribution in [0.4, 0.5) is 4.79 Å². The lowest BCUT2D eigenvalue weighted by atomic mass is 10.0. The third-order valence-electron chi connectivity index (χ3n) is 3.18. The fourth-order valence-corrected chi connectivity index (χ4v) is 2.47. The molecule has 0 aromatic carbocycles. The molecule has 0 N–H and O–H groups in total. The van der Waals surface area contributed by atoms with Crippen molar-refractivity contribution in [1.29, 1.82) is 0 Å². The number of carbonyl (C=O) groups excluding carboxylic acids is 1. The molecule has 3 nitrogen and oxygen atoms in total. The van der Waals surface area contributed by atoms with Crippen molar-refractivity contribution in [3.63, 3.8) is 0 Å². The van der Waals surface area contributed by atoms with Crippen molar-refractivity contribution in [2.45, 2.75) is 44.2 Å². The molecule has 2 fully saturated rings. The molecule has 2 unspecified atom stereocenters. The van der Waals surface area contributed by atoms with Gasteiger partial charge >= 0.3 is 6.09 Å². The SMILES string of the molecule is C#CCCOC(=O)N1C2C[CH]CC1CC2. The zero-order chi connectivity index (χ0) is 10.7. The van der Waals surface area contributed by atoms with E-state index in [9.17, 15) is 4.79 Å². The van der Waals surface area contributed by atoms with Crippen LogP contribution in [-0.2, 0) is 4.74 Å². The summed E-state index contributed by atoms with van der Waals surface area (Å²) in [5.74, 6) is 2.46. The van der Waals surface area contributed by atoms with E-state index >= 15 is 0 Å². The predicted octanol–water partition coefficient (Wildman–Crippen LogP) is 1.98. The number of ether oxygens (including phenoxy) is 1. The fourth-order valence-electron chi connectivity index (χ4n) is 2.47. The van der Waals surface area contributed by atoms with E-state index < -0.39 is 0 Å². The molecule has 2 heterocycles. The monoisotopic (exact) mass is 206 g/mol. The molecule has 2 atom stereocenters. The molecule has 81 valence electrons. The zero-order valence-electron chi connectivity index (χ0n) is 8.82. The van der Waals surface area contributed by atoms with Crippen LogP contribution in [0.25, 0.3) is 0 Å². The largest absolute Gasteiger partial charge is 0.448 e. The van der Waals surface area contributed by atoms with Crippen LogP contribution in [0.2, 0.25) is 0 Å². The van der Waals surface area contributed by atoms with Crippen molar-refractivity contribution >= 4 is 6.09 Å². The fraction of sp³-hybridized carbons (Fsp3) is 0.667. The average Bonchev–Trinajstić information content (AvgIpc) is 2.49. The lowest BCUT2D eigenvalue weighted by Gasteiger charge is -2.33. The second-order valence-electron chi connectivity index (χ2n) is 4.12. The highest BCUT2D eigenvalue weighted by Gasteiger charge is 2.40. The van der Waals surface area contributed by atoms with Gasteiger partial charge in [-0.3, -0.25) is 0 Å². The van der Waals surface area contributed by atoms with E-state index in [-0.39, 0.29) is 6.09 Å². The number of hydrogen-bond donors (Lipinski definition) is 0. The number of carbonyl (C=O) groups is 1. The van der Waals surface area contributed by atoms with E-state index in [1.54, 1.807) is 0 Å². The van der Waals surface area contributed by atoms with Gasteiger partial charge in [-0.1, -0.05) is 0 Å². The van der Waals surface area contributed by atoms with Crippen LogP contribution in [0.5, 0.6) is 0 Å². The summed E-state index contributed by atoms with van der Waals surface area (Å²) >= 11 is 0. The van der Waals surface area contributed by atoms with Crippen LogP contribution in [0.1, 0.15) is 32.1 Å². The average molecular weight is 206 g/mol. The summed E-state index contributed by atoms with van der Waals surface area (Å²) < 4.78 is 5.13. The Morgan fingerprint density at radius 3 is 2.73 bits per heavy atom. The normalized spacial score (nSPS) is 28.6. The summed E-state index contributed by atoms with van der Waals surface area (Å²) in [4.78, 5) is 13.7. The van der Waals surface area contributed by atoms with E-state index in [4.69, 9.17) is 11.2 Å². The third kappa shape index (κ3) is 2.09. The smallest absolute Gasteiger partial charge is 0.410 e. The van der Waals surface area contributed by atoms with Gasteiger partial charge in [-0.05, 0) is 32.1 Å². The number of nitrogens with zero attached hydrogens (tertiary/aromatic N) is 1. The first-order chi connectivity index (χ1) is 7.33. The van der Waals surface area contributed by atoms with Gasteiger partial charge in [-0.2, -0.15) is 0 Å². The molecular formula is C12H16NO2. The number of amides is 1. The molecule has 2 aliphatic rings. The highest BCUT2D eigenvalue weighted by atomic mass is 16.6. The van der Waals surface area contributed by atoms with Gasteiger partial charge in [0.25, 0.3) is 0 Å². The lowest BCUT2D eigenvalue weighted by Crippen LogP contribution is -2.44. The van der Waals surface area contributed by atoms with Gasteiger partial charge in [0, 0.05) is 18.5 Å². The zero-order valence-corrected chi connectivity index (χ0v) is 8.82. The first-order valence-corrected chi connectivity index (χ1v) is 5.53. The van der Waals surface area contributed by atoms with Crippen molar-refractivity contribution in [3.8, 4) is 12.3 Å². The molecule has 15 heavy (non-hydrogen) atoms. The lowest BCUT2D eigenvalue weighted by molar-refractivity contribution is 0.0784. The molecular weight excluding hydrogens is 190 g/mol. The molecule has 0 saturated carbocycles. The molecule has 0 spiro atoms. The van der Waals surface area contributed by atoms with Gasteiger partial charge < -0.3 is 9.64 Å². The van der Waals surface area contributed by atoms with Gasteiger partial charge in [0.15, 0.2) is 0 Å². The quantitative estimate of drug-likeness (QED) is 0.510. The second-order valence-corrected chi connectivity index (χ2v) is 4.12. The second kappa shape index (κ2) is 4.57. The molecule has 1 radical (unpaired) electrons. The molecule has 1 amide bonds. The van der Waals surface area contributed by atoms with Crippen LogP contribution < -0.4 is 0 Å². The summed E-state index contributed by atoms with van der Waals surface area (Å²) in [6, 6.07) is 0.754. The molecule has 2 rings (SSSR count). The summed E-state index contributed by atoms with van der Waals surface area (Å²) in [7, 11) is 0. The van der Waals surface area contributed by atoms with Crippen molar-refractivity contribution in [2.75, 3.05) is 6.61 Å².